The largest absolute Gasteiger partial charge is 0.497 e. The Kier molecular flexibility index (Phi) is 3.50. The van der Waals surface area contributed by atoms with Crippen LogP contribution >= 0.6 is 0 Å². The van der Waals surface area contributed by atoms with Crippen LogP contribution in [-0.4, -0.2) is 7.11 Å². The van der Waals surface area contributed by atoms with E-state index in [9.17, 15) is 0 Å². The Morgan fingerprint density at radius 3 is 2.57 bits per heavy atom. The van der Waals surface area contributed by atoms with Crippen LogP contribution in [0.2, 0.25) is 0 Å². The third-order valence-corrected chi connectivity index (χ3v) is 4.84. The van der Waals surface area contributed by atoms with E-state index >= 15 is 0 Å². The second-order valence-electron chi connectivity index (χ2n) is 6.15. The van der Waals surface area contributed by atoms with E-state index in [1.54, 1.807) is 7.11 Å². The Morgan fingerprint density at radius 2 is 1.86 bits per heavy atom. The van der Waals surface area contributed by atoms with E-state index in [0.717, 1.165) is 25.0 Å². The van der Waals surface area contributed by atoms with Crippen molar-refractivity contribution in [1.82, 2.24) is 0 Å². The molecule has 1 aliphatic rings. The lowest BCUT2D eigenvalue weighted by atomic mass is 9.72. The van der Waals surface area contributed by atoms with E-state index < -0.39 is 5.54 Å². The minimum absolute atomic E-state index is 0.402. The highest BCUT2D eigenvalue weighted by molar-refractivity contribution is 5.49. The highest BCUT2D eigenvalue weighted by Gasteiger charge is 2.34. The summed E-state index contributed by atoms with van der Waals surface area (Å²) < 4.78 is 5.40. The first-order chi connectivity index (χ1) is 10.0. The Bertz CT molecular complexity index is 677. The fourth-order valence-electron chi connectivity index (χ4n) is 3.33. The molecule has 21 heavy (non-hydrogen) atoms. The molecule has 0 aliphatic heterocycles. The Labute approximate surface area is 126 Å². The van der Waals surface area contributed by atoms with E-state index in [0.29, 0.717) is 0 Å². The number of methoxy groups -OCH3 is 1. The van der Waals surface area contributed by atoms with Gasteiger partial charge in [-0.05, 0) is 73.1 Å². The molecule has 0 fully saturated rings. The lowest BCUT2D eigenvalue weighted by molar-refractivity contribution is 0.404. The van der Waals surface area contributed by atoms with E-state index in [4.69, 9.17) is 10.5 Å². The molecule has 2 aromatic carbocycles. The van der Waals surface area contributed by atoms with E-state index in [-0.39, 0.29) is 0 Å². The highest BCUT2D eigenvalue weighted by Crippen LogP contribution is 2.40. The van der Waals surface area contributed by atoms with Crippen molar-refractivity contribution in [1.29, 1.82) is 0 Å². The minimum atomic E-state index is -0.402. The zero-order valence-corrected chi connectivity index (χ0v) is 13.1. The molecule has 0 bridgehead atoms. The van der Waals surface area contributed by atoms with Gasteiger partial charge in [0, 0.05) is 0 Å². The zero-order chi connectivity index (χ0) is 15.0. The third kappa shape index (κ3) is 2.34. The number of benzene rings is 2. The van der Waals surface area contributed by atoms with Crippen LogP contribution in [0.1, 0.15) is 40.7 Å². The molecule has 1 atom stereocenters. The maximum absolute atomic E-state index is 6.88. The fourth-order valence-corrected chi connectivity index (χ4v) is 3.33. The zero-order valence-electron chi connectivity index (χ0n) is 13.1. The van der Waals surface area contributed by atoms with Crippen molar-refractivity contribution in [3.63, 3.8) is 0 Å². The molecular weight excluding hydrogens is 258 g/mol. The molecule has 0 saturated heterocycles. The average molecular weight is 281 g/mol. The SMILES string of the molecule is COc1ccc2c(c1)C(N)(c1ccc(C)c(C)c1)CCC2. The van der Waals surface area contributed by atoms with Crippen LogP contribution in [0.3, 0.4) is 0 Å². The van der Waals surface area contributed by atoms with Crippen molar-refractivity contribution in [2.24, 2.45) is 5.73 Å². The van der Waals surface area contributed by atoms with Crippen LogP contribution < -0.4 is 10.5 Å². The molecule has 0 amide bonds. The van der Waals surface area contributed by atoms with Gasteiger partial charge in [0.1, 0.15) is 5.75 Å². The van der Waals surface area contributed by atoms with Gasteiger partial charge in [0.05, 0.1) is 12.6 Å². The fraction of sp³-hybridized carbons (Fsp3) is 0.368. The molecule has 2 N–H and O–H groups in total. The van der Waals surface area contributed by atoms with Crippen LogP contribution in [0.15, 0.2) is 36.4 Å². The summed E-state index contributed by atoms with van der Waals surface area (Å²) in [5, 5.41) is 0. The maximum atomic E-state index is 6.88. The van der Waals surface area contributed by atoms with Crippen molar-refractivity contribution in [2.75, 3.05) is 7.11 Å². The van der Waals surface area contributed by atoms with Gasteiger partial charge < -0.3 is 10.5 Å². The Hall–Kier alpha value is -1.80. The number of hydrogen-bond acceptors (Lipinski definition) is 2. The van der Waals surface area contributed by atoms with Crippen LogP contribution in [-0.2, 0) is 12.0 Å². The molecule has 2 aromatic rings. The quantitative estimate of drug-likeness (QED) is 0.907. The lowest BCUT2D eigenvalue weighted by Gasteiger charge is -2.37. The van der Waals surface area contributed by atoms with Crippen molar-refractivity contribution in [2.45, 2.75) is 38.6 Å². The summed E-state index contributed by atoms with van der Waals surface area (Å²) in [6.45, 7) is 4.29. The molecule has 1 unspecified atom stereocenters. The predicted molar refractivity (Wildman–Crippen MR) is 86.8 cm³/mol. The van der Waals surface area contributed by atoms with Gasteiger partial charge in [-0.1, -0.05) is 24.3 Å². The summed E-state index contributed by atoms with van der Waals surface area (Å²) in [6, 6.07) is 12.9. The van der Waals surface area contributed by atoms with Gasteiger partial charge in [-0.25, -0.2) is 0 Å². The summed E-state index contributed by atoms with van der Waals surface area (Å²) in [5.74, 6) is 0.884. The third-order valence-electron chi connectivity index (χ3n) is 4.84. The first-order valence-electron chi connectivity index (χ1n) is 7.58. The Morgan fingerprint density at radius 1 is 1.05 bits per heavy atom. The lowest BCUT2D eigenvalue weighted by Crippen LogP contribution is -2.41. The number of fused-ring (bicyclic) bond motifs is 1. The van der Waals surface area contributed by atoms with Gasteiger partial charge in [-0.3, -0.25) is 0 Å². The predicted octanol–water partition coefficient (Wildman–Crippen LogP) is 3.85. The summed E-state index contributed by atoms with van der Waals surface area (Å²) in [4.78, 5) is 0. The van der Waals surface area contributed by atoms with E-state index in [2.05, 4.69) is 44.2 Å². The van der Waals surface area contributed by atoms with Crippen LogP contribution in [0.4, 0.5) is 0 Å². The van der Waals surface area contributed by atoms with Crippen molar-refractivity contribution in [3.8, 4) is 5.75 Å². The standard InChI is InChI=1S/C19H23NO/c1-13-6-8-16(11-14(13)2)19(20)10-4-5-15-7-9-17(21-3)12-18(15)19/h6-9,11-12H,4-5,10,20H2,1-3H3. The number of nitrogens with two attached hydrogens (primary N) is 1. The second kappa shape index (κ2) is 5.19. The summed E-state index contributed by atoms with van der Waals surface area (Å²) in [7, 11) is 1.71. The van der Waals surface area contributed by atoms with Gasteiger partial charge in [-0.2, -0.15) is 0 Å². The normalized spacial score (nSPS) is 21.0. The molecule has 0 aromatic heterocycles. The monoisotopic (exact) mass is 281 g/mol. The van der Waals surface area contributed by atoms with Gasteiger partial charge in [0.2, 0.25) is 0 Å². The number of aryl methyl sites for hydroxylation is 3. The van der Waals surface area contributed by atoms with Crippen LogP contribution in [0, 0.1) is 13.8 Å². The van der Waals surface area contributed by atoms with Crippen molar-refractivity contribution < 1.29 is 4.74 Å². The maximum Gasteiger partial charge on any atom is 0.119 e. The first-order valence-corrected chi connectivity index (χ1v) is 7.58. The van der Waals surface area contributed by atoms with Crippen molar-refractivity contribution in [3.05, 3.63) is 64.2 Å². The number of rotatable bonds is 2. The molecule has 1 aliphatic carbocycles. The smallest absolute Gasteiger partial charge is 0.119 e. The van der Waals surface area contributed by atoms with Crippen LogP contribution in [0.5, 0.6) is 5.75 Å². The summed E-state index contributed by atoms with van der Waals surface area (Å²) >= 11 is 0. The second-order valence-corrected chi connectivity index (χ2v) is 6.15. The summed E-state index contributed by atoms with van der Waals surface area (Å²) in [5.41, 5.74) is 12.9. The molecule has 2 heteroatoms. The number of ether oxygens (including phenoxy) is 1. The van der Waals surface area contributed by atoms with Gasteiger partial charge in [-0.15, -0.1) is 0 Å². The van der Waals surface area contributed by atoms with Gasteiger partial charge in [0.25, 0.3) is 0 Å². The highest BCUT2D eigenvalue weighted by atomic mass is 16.5. The topological polar surface area (TPSA) is 35.2 Å². The molecule has 0 heterocycles. The average Bonchev–Trinajstić information content (AvgIpc) is 2.50. The minimum Gasteiger partial charge on any atom is -0.497 e. The molecule has 3 rings (SSSR count). The Balaban J connectivity index is 2.16. The molecule has 0 spiro atoms. The molecule has 110 valence electrons. The molecular formula is C19H23NO. The summed E-state index contributed by atoms with van der Waals surface area (Å²) in [6.07, 6.45) is 3.21. The number of hydrogen-bond donors (Lipinski definition) is 1. The van der Waals surface area contributed by atoms with Gasteiger partial charge >= 0.3 is 0 Å². The van der Waals surface area contributed by atoms with Crippen molar-refractivity contribution >= 4 is 0 Å². The molecule has 0 saturated carbocycles. The molecule has 0 radical (unpaired) electrons. The van der Waals surface area contributed by atoms with E-state index in [1.807, 2.05) is 6.07 Å². The van der Waals surface area contributed by atoms with Crippen LogP contribution in [0.25, 0.3) is 0 Å². The molecule has 2 nitrogen and oxygen atoms in total. The first kappa shape index (κ1) is 14.2. The van der Waals surface area contributed by atoms with E-state index in [1.165, 1.54) is 27.8 Å². The van der Waals surface area contributed by atoms with Gasteiger partial charge in [0.15, 0.2) is 0 Å².